The summed E-state index contributed by atoms with van der Waals surface area (Å²) in [6.45, 7) is 1.80. The number of thiazole rings is 1. The van der Waals surface area contributed by atoms with Gasteiger partial charge < -0.3 is 15.5 Å². The van der Waals surface area contributed by atoms with Crippen LogP contribution >= 0.6 is 11.3 Å². The second kappa shape index (κ2) is 10.0. The van der Waals surface area contributed by atoms with E-state index in [0.717, 1.165) is 21.9 Å². The van der Waals surface area contributed by atoms with E-state index in [-0.39, 0.29) is 12.3 Å². The van der Waals surface area contributed by atoms with Crippen LogP contribution in [0.5, 0.6) is 0 Å². The van der Waals surface area contributed by atoms with Crippen molar-refractivity contribution < 1.29 is 4.79 Å². The molecule has 3 N–H and O–H groups in total. The van der Waals surface area contributed by atoms with E-state index in [1.807, 2.05) is 73.6 Å². The Morgan fingerprint density at radius 1 is 0.909 bits per heavy atom. The predicted molar refractivity (Wildman–Crippen MR) is 133 cm³/mol. The highest BCUT2D eigenvalue weighted by molar-refractivity contribution is 7.15. The lowest BCUT2D eigenvalue weighted by Crippen LogP contribution is -2.13. The van der Waals surface area contributed by atoms with E-state index in [9.17, 15) is 4.79 Å². The van der Waals surface area contributed by atoms with Crippen LogP contribution in [0.1, 0.15) is 10.7 Å². The van der Waals surface area contributed by atoms with Crippen LogP contribution < -0.4 is 20.9 Å². The summed E-state index contributed by atoms with van der Waals surface area (Å²) in [7, 11) is 3.99. The molecule has 9 nitrogen and oxygen atoms in total. The van der Waals surface area contributed by atoms with E-state index in [1.165, 1.54) is 11.3 Å². The van der Waals surface area contributed by atoms with Crippen LogP contribution in [0.2, 0.25) is 0 Å². The van der Waals surface area contributed by atoms with Crippen LogP contribution in [0.3, 0.4) is 0 Å². The maximum Gasteiger partial charge on any atom is 0.234 e. The van der Waals surface area contributed by atoms with E-state index in [2.05, 4.69) is 35.9 Å². The van der Waals surface area contributed by atoms with Gasteiger partial charge in [-0.25, -0.2) is 4.98 Å². The molecule has 33 heavy (non-hydrogen) atoms. The highest BCUT2D eigenvalue weighted by Crippen LogP contribution is 2.23. The first-order valence-electron chi connectivity index (χ1n) is 10.3. The zero-order valence-corrected chi connectivity index (χ0v) is 19.3. The summed E-state index contributed by atoms with van der Waals surface area (Å²) in [5.41, 5.74) is 2.74. The Labute approximate surface area is 196 Å². The van der Waals surface area contributed by atoms with Crippen LogP contribution in [0.15, 0.2) is 60.8 Å². The number of benzene rings is 2. The molecule has 0 atom stereocenters. The zero-order valence-electron chi connectivity index (χ0n) is 18.5. The van der Waals surface area contributed by atoms with Gasteiger partial charge in [-0.05, 0) is 43.3 Å². The van der Waals surface area contributed by atoms with Gasteiger partial charge in [-0.15, -0.1) is 11.3 Å². The third-order valence-corrected chi connectivity index (χ3v) is 5.46. The van der Waals surface area contributed by atoms with Crippen LogP contribution in [-0.4, -0.2) is 39.9 Å². The molecule has 168 valence electrons. The molecule has 4 rings (SSSR count). The molecule has 0 unspecified atom stereocenters. The molecular formula is C23H24N8OS. The maximum absolute atomic E-state index is 12.3. The molecule has 2 heterocycles. The molecule has 1 amide bonds. The fraction of sp³-hybridized carbons (Fsp3) is 0.174. The van der Waals surface area contributed by atoms with E-state index in [1.54, 1.807) is 13.1 Å². The van der Waals surface area contributed by atoms with Gasteiger partial charge in [0, 0.05) is 42.2 Å². The first-order valence-corrected chi connectivity index (χ1v) is 11.1. The quantitative estimate of drug-likeness (QED) is 0.356. The standard InChI is InChI=1S/C23H24N8OS/c1-15-25-21(28-17-9-11-18(12-10-17)31(2)3)29-22(26-15)30-23-24-14-19(33-23)13-20(32)27-16-7-5-4-6-8-16/h4-12,14H,13H2,1-3H3,(H,27,32)(H2,24,25,26,28,29,30). The Bertz CT molecular complexity index is 1220. The molecule has 2 aromatic heterocycles. The highest BCUT2D eigenvalue weighted by Gasteiger charge is 2.11. The number of amides is 1. The molecule has 0 aliphatic carbocycles. The van der Waals surface area contributed by atoms with Gasteiger partial charge in [0.1, 0.15) is 5.82 Å². The summed E-state index contributed by atoms with van der Waals surface area (Å²) in [6.07, 6.45) is 1.91. The normalized spacial score (nSPS) is 10.5. The van der Waals surface area contributed by atoms with Crippen molar-refractivity contribution in [2.24, 2.45) is 0 Å². The number of anilines is 6. The summed E-state index contributed by atoms with van der Waals surface area (Å²) in [5.74, 6) is 1.28. The lowest BCUT2D eigenvalue weighted by Gasteiger charge is -2.13. The molecule has 0 fully saturated rings. The molecule has 4 aromatic rings. The first kappa shape index (κ1) is 22.2. The van der Waals surface area contributed by atoms with Gasteiger partial charge >= 0.3 is 0 Å². The minimum absolute atomic E-state index is 0.0980. The number of nitrogens with zero attached hydrogens (tertiary/aromatic N) is 5. The average Bonchev–Trinajstić information content (AvgIpc) is 3.20. The second-order valence-electron chi connectivity index (χ2n) is 7.44. The third kappa shape index (κ3) is 6.23. The Morgan fingerprint density at radius 3 is 2.30 bits per heavy atom. The van der Waals surface area contributed by atoms with Gasteiger partial charge in [0.05, 0.1) is 6.42 Å². The van der Waals surface area contributed by atoms with Crippen LogP contribution in [-0.2, 0) is 11.2 Å². The predicted octanol–water partition coefficient (Wildman–Crippen LogP) is 4.37. The minimum atomic E-state index is -0.0980. The van der Waals surface area contributed by atoms with Crippen LogP contribution in [0, 0.1) is 6.92 Å². The number of para-hydroxylation sites is 1. The molecule has 0 radical (unpaired) electrons. The molecule has 10 heteroatoms. The molecule has 0 spiro atoms. The summed E-state index contributed by atoms with van der Waals surface area (Å²) >= 11 is 1.38. The molecule has 0 aliphatic heterocycles. The number of hydrogen-bond acceptors (Lipinski definition) is 9. The molecule has 2 aromatic carbocycles. The van der Waals surface area contributed by atoms with Crippen molar-refractivity contribution in [1.82, 2.24) is 19.9 Å². The zero-order chi connectivity index (χ0) is 23.2. The lowest BCUT2D eigenvalue weighted by atomic mass is 10.2. The molecule has 0 saturated carbocycles. The van der Waals surface area contributed by atoms with E-state index >= 15 is 0 Å². The number of rotatable bonds is 8. The third-order valence-electron chi connectivity index (χ3n) is 4.55. The topological polar surface area (TPSA) is 108 Å². The number of aromatic nitrogens is 4. The van der Waals surface area contributed by atoms with Crippen molar-refractivity contribution in [1.29, 1.82) is 0 Å². The summed E-state index contributed by atoms with van der Waals surface area (Å²) in [4.78, 5) is 32.6. The van der Waals surface area contributed by atoms with Crippen molar-refractivity contribution in [3.8, 4) is 0 Å². The molecule has 0 saturated heterocycles. The van der Waals surface area contributed by atoms with Crippen LogP contribution in [0.4, 0.5) is 34.1 Å². The van der Waals surface area contributed by atoms with Gasteiger partial charge in [-0.3, -0.25) is 10.1 Å². The summed E-state index contributed by atoms with van der Waals surface area (Å²) < 4.78 is 0. The van der Waals surface area contributed by atoms with Crippen molar-refractivity contribution >= 4 is 51.3 Å². The fourth-order valence-electron chi connectivity index (χ4n) is 2.99. The highest BCUT2D eigenvalue weighted by atomic mass is 32.1. The monoisotopic (exact) mass is 460 g/mol. The Morgan fingerprint density at radius 2 is 1.61 bits per heavy atom. The van der Waals surface area contributed by atoms with Crippen molar-refractivity contribution in [2.45, 2.75) is 13.3 Å². The Kier molecular flexibility index (Phi) is 6.75. The van der Waals surface area contributed by atoms with Gasteiger partial charge in [0.25, 0.3) is 0 Å². The number of nitrogens with one attached hydrogen (secondary N) is 3. The SMILES string of the molecule is Cc1nc(Nc2ccc(N(C)C)cc2)nc(Nc2ncc(CC(=O)Nc3ccccc3)s2)n1. The van der Waals surface area contributed by atoms with Gasteiger partial charge in [-0.2, -0.15) is 15.0 Å². The van der Waals surface area contributed by atoms with Gasteiger partial charge in [0.15, 0.2) is 5.13 Å². The maximum atomic E-state index is 12.3. The fourth-order valence-corrected chi connectivity index (χ4v) is 3.80. The van der Waals surface area contributed by atoms with Crippen LogP contribution in [0.25, 0.3) is 0 Å². The van der Waals surface area contributed by atoms with Gasteiger partial charge in [0.2, 0.25) is 17.8 Å². The van der Waals surface area contributed by atoms with Gasteiger partial charge in [-0.1, -0.05) is 18.2 Å². The number of carbonyl (C=O) groups is 1. The lowest BCUT2D eigenvalue weighted by molar-refractivity contribution is -0.115. The largest absolute Gasteiger partial charge is 0.378 e. The number of aryl methyl sites for hydroxylation is 1. The first-order chi connectivity index (χ1) is 15.9. The minimum Gasteiger partial charge on any atom is -0.378 e. The van der Waals surface area contributed by atoms with E-state index < -0.39 is 0 Å². The summed E-state index contributed by atoms with van der Waals surface area (Å²) in [5, 5.41) is 9.78. The van der Waals surface area contributed by atoms with Crippen molar-refractivity contribution in [3.05, 3.63) is 71.5 Å². The molecular weight excluding hydrogens is 436 g/mol. The van der Waals surface area contributed by atoms with Crippen molar-refractivity contribution in [3.63, 3.8) is 0 Å². The Balaban J connectivity index is 1.39. The number of carbonyl (C=O) groups excluding carboxylic acids is 1. The molecule has 0 bridgehead atoms. The average molecular weight is 461 g/mol. The van der Waals surface area contributed by atoms with Crippen molar-refractivity contribution in [2.75, 3.05) is 34.9 Å². The summed E-state index contributed by atoms with van der Waals surface area (Å²) in [6, 6.07) is 17.3. The Hall–Kier alpha value is -4.05. The molecule has 0 aliphatic rings. The smallest absolute Gasteiger partial charge is 0.234 e. The van der Waals surface area contributed by atoms with E-state index in [0.29, 0.717) is 22.9 Å². The van der Waals surface area contributed by atoms with E-state index in [4.69, 9.17) is 0 Å². The number of hydrogen-bond donors (Lipinski definition) is 3. The second-order valence-corrected chi connectivity index (χ2v) is 8.56.